The Morgan fingerprint density at radius 2 is 2.10 bits per heavy atom. The van der Waals surface area contributed by atoms with E-state index in [0.29, 0.717) is 11.9 Å². The molecule has 106 valence electrons. The van der Waals surface area contributed by atoms with Crippen LogP contribution in [0, 0.1) is 11.6 Å². The lowest BCUT2D eigenvalue weighted by Crippen LogP contribution is -2.37. The smallest absolute Gasteiger partial charge is 0.173 e. The number of rotatable bonds is 3. The van der Waals surface area contributed by atoms with Crippen LogP contribution in [0.1, 0.15) is 42.5 Å². The average molecular weight is 278 g/mol. The van der Waals surface area contributed by atoms with E-state index in [2.05, 4.69) is 10.3 Å². The van der Waals surface area contributed by atoms with Crippen LogP contribution in [0.15, 0.2) is 23.2 Å². The number of hydrogen-bond acceptors (Lipinski definition) is 3. The zero-order valence-electron chi connectivity index (χ0n) is 11.0. The fraction of sp³-hybridized carbons (Fsp3) is 0.467. The first-order valence-electron chi connectivity index (χ1n) is 6.95. The van der Waals surface area contributed by atoms with Crippen LogP contribution < -0.4 is 5.32 Å². The molecule has 5 heteroatoms. The number of benzene rings is 1. The molecule has 1 aliphatic heterocycles. The van der Waals surface area contributed by atoms with E-state index >= 15 is 0 Å². The predicted molar refractivity (Wildman–Crippen MR) is 71.9 cm³/mol. The summed E-state index contributed by atoms with van der Waals surface area (Å²) in [5.41, 5.74) is -0.0780. The summed E-state index contributed by atoms with van der Waals surface area (Å²) in [5, 5.41) is 3.26. The second-order valence-electron chi connectivity index (χ2n) is 5.40. The van der Waals surface area contributed by atoms with Crippen molar-refractivity contribution in [2.45, 2.75) is 44.2 Å². The fourth-order valence-corrected chi connectivity index (χ4v) is 2.95. The zero-order chi connectivity index (χ0) is 14.1. The lowest BCUT2D eigenvalue weighted by Gasteiger charge is -2.23. The number of nitrogens with zero attached hydrogens (tertiary/aromatic N) is 1. The first-order chi connectivity index (χ1) is 9.63. The van der Waals surface area contributed by atoms with Crippen LogP contribution in [0.3, 0.4) is 0 Å². The van der Waals surface area contributed by atoms with Gasteiger partial charge in [-0.2, -0.15) is 0 Å². The van der Waals surface area contributed by atoms with Crippen LogP contribution in [0.5, 0.6) is 0 Å². The Morgan fingerprint density at radius 3 is 2.85 bits per heavy atom. The number of carbonyl (C=O) groups excluding carboxylic acids is 1. The number of Topliss-reactive ketones (excluding diaryl/α,β-unsaturated/α-hetero) is 1. The third kappa shape index (κ3) is 2.57. The maximum atomic E-state index is 13.5. The molecular weight excluding hydrogens is 262 g/mol. The molecule has 1 aromatic rings. The van der Waals surface area contributed by atoms with Crippen LogP contribution in [-0.4, -0.2) is 23.7 Å². The first-order valence-corrected chi connectivity index (χ1v) is 6.95. The molecule has 0 saturated heterocycles. The fourth-order valence-electron chi connectivity index (χ4n) is 2.95. The zero-order valence-corrected chi connectivity index (χ0v) is 11.0. The molecule has 1 saturated carbocycles. The largest absolute Gasteiger partial charge is 0.369 e. The van der Waals surface area contributed by atoms with Gasteiger partial charge in [0.05, 0.1) is 18.0 Å². The predicted octanol–water partition coefficient (Wildman–Crippen LogP) is 2.85. The number of halogens is 2. The van der Waals surface area contributed by atoms with E-state index in [1.165, 1.54) is 18.9 Å². The molecule has 1 aliphatic carbocycles. The van der Waals surface area contributed by atoms with Crippen molar-refractivity contribution in [2.75, 3.05) is 0 Å². The molecule has 1 aromatic carbocycles. The molecule has 0 radical (unpaired) electrons. The van der Waals surface area contributed by atoms with E-state index < -0.39 is 11.6 Å². The van der Waals surface area contributed by atoms with E-state index in [-0.39, 0.29) is 23.8 Å². The minimum absolute atomic E-state index is 0.0511. The van der Waals surface area contributed by atoms with Crippen molar-refractivity contribution >= 4 is 11.6 Å². The minimum Gasteiger partial charge on any atom is -0.369 e. The molecular formula is C15H16F2N2O. The van der Waals surface area contributed by atoms with Gasteiger partial charge < -0.3 is 5.32 Å². The Kier molecular flexibility index (Phi) is 3.51. The Bertz CT molecular complexity index is 571. The summed E-state index contributed by atoms with van der Waals surface area (Å²) in [4.78, 5) is 16.6. The standard InChI is InChI=1S/C15H16F2N2O/c16-9-5-6-10(11(17)7-9)14(20)8-15-18-12-3-1-2-4-13(12)19-15/h5-7,12-13H,1-4,8H2,(H,18,19)/t12-,13-/m1/s1. The second kappa shape index (κ2) is 5.31. The van der Waals surface area contributed by atoms with Gasteiger partial charge in [0.15, 0.2) is 5.78 Å². The number of carbonyl (C=O) groups is 1. The Hall–Kier alpha value is -1.78. The normalized spacial score (nSPS) is 24.8. The van der Waals surface area contributed by atoms with E-state index in [0.717, 1.165) is 25.0 Å². The Labute approximate surface area is 116 Å². The van der Waals surface area contributed by atoms with Crippen molar-refractivity contribution < 1.29 is 13.6 Å². The molecule has 0 unspecified atom stereocenters. The summed E-state index contributed by atoms with van der Waals surface area (Å²) < 4.78 is 26.4. The van der Waals surface area contributed by atoms with Crippen molar-refractivity contribution in [1.29, 1.82) is 0 Å². The molecule has 3 rings (SSSR count). The number of fused-ring (bicyclic) bond motifs is 1. The van der Waals surface area contributed by atoms with Crippen LogP contribution in [-0.2, 0) is 0 Å². The SMILES string of the molecule is O=C(CC1=N[C@@H]2CCCC[C@H]2N1)c1ccc(F)cc1F. The first kappa shape index (κ1) is 13.2. The van der Waals surface area contributed by atoms with Crippen molar-refractivity contribution in [3.8, 4) is 0 Å². The third-order valence-electron chi connectivity index (χ3n) is 3.96. The van der Waals surface area contributed by atoms with Crippen LogP contribution >= 0.6 is 0 Å². The molecule has 0 bridgehead atoms. The van der Waals surface area contributed by atoms with Gasteiger partial charge >= 0.3 is 0 Å². The molecule has 1 fully saturated rings. The number of amidine groups is 1. The van der Waals surface area contributed by atoms with E-state index in [9.17, 15) is 13.6 Å². The van der Waals surface area contributed by atoms with Crippen LogP contribution in [0.2, 0.25) is 0 Å². The minimum atomic E-state index is -0.814. The molecule has 0 aromatic heterocycles. The highest BCUT2D eigenvalue weighted by Crippen LogP contribution is 2.25. The van der Waals surface area contributed by atoms with E-state index in [1.54, 1.807) is 0 Å². The number of hydrogen-bond donors (Lipinski definition) is 1. The summed E-state index contributed by atoms with van der Waals surface area (Å²) in [6.07, 6.45) is 4.50. The number of aliphatic imine (C=N–C) groups is 1. The van der Waals surface area contributed by atoms with Gasteiger partial charge in [0.25, 0.3) is 0 Å². The maximum Gasteiger partial charge on any atom is 0.173 e. The molecule has 3 nitrogen and oxygen atoms in total. The average Bonchev–Trinajstić information content (AvgIpc) is 2.80. The lowest BCUT2D eigenvalue weighted by molar-refractivity contribution is 0.0996. The summed E-state index contributed by atoms with van der Waals surface area (Å²) in [6.45, 7) is 0. The lowest BCUT2D eigenvalue weighted by atomic mass is 9.92. The quantitative estimate of drug-likeness (QED) is 0.864. The van der Waals surface area contributed by atoms with Crippen molar-refractivity contribution in [2.24, 2.45) is 4.99 Å². The molecule has 2 atom stereocenters. The maximum absolute atomic E-state index is 13.5. The van der Waals surface area contributed by atoms with E-state index in [4.69, 9.17) is 0 Å². The molecule has 0 amide bonds. The van der Waals surface area contributed by atoms with Gasteiger partial charge in [0.2, 0.25) is 0 Å². The highest BCUT2D eigenvalue weighted by Gasteiger charge is 2.31. The van der Waals surface area contributed by atoms with Crippen LogP contribution in [0.4, 0.5) is 8.78 Å². The van der Waals surface area contributed by atoms with Gasteiger partial charge in [0, 0.05) is 12.1 Å². The number of ketones is 1. The summed E-state index contributed by atoms with van der Waals surface area (Å²) in [7, 11) is 0. The summed E-state index contributed by atoms with van der Waals surface area (Å²) >= 11 is 0. The van der Waals surface area contributed by atoms with Gasteiger partial charge in [-0.05, 0) is 25.0 Å². The Morgan fingerprint density at radius 1 is 1.30 bits per heavy atom. The van der Waals surface area contributed by atoms with Gasteiger partial charge in [-0.1, -0.05) is 12.8 Å². The summed E-state index contributed by atoms with van der Waals surface area (Å²) in [5.74, 6) is -1.23. The number of nitrogens with one attached hydrogen (secondary N) is 1. The Balaban J connectivity index is 1.70. The van der Waals surface area contributed by atoms with Gasteiger partial charge in [0.1, 0.15) is 17.5 Å². The molecule has 1 N–H and O–H groups in total. The van der Waals surface area contributed by atoms with Gasteiger partial charge in [-0.25, -0.2) is 8.78 Å². The van der Waals surface area contributed by atoms with E-state index in [1.807, 2.05) is 0 Å². The van der Waals surface area contributed by atoms with Gasteiger partial charge in [-0.15, -0.1) is 0 Å². The monoisotopic (exact) mass is 278 g/mol. The van der Waals surface area contributed by atoms with Crippen molar-refractivity contribution in [1.82, 2.24) is 5.32 Å². The van der Waals surface area contributed by atoms with Gasteiger partial charge in [-0.3, -0.25) is 9.79 Å². The molecule has 1 heterocycles. The highest BCUT2D eigenvalue weighted by atomic mass is 19.1. The van der Waals surface area contributed by atoms with Crippen molar-refractivity contribution in [3.63, 3.8) is 0 Å². The topological polar surface area (TPSA) is 41.5 Å². The summed E-state index contributed by atoms with van der Waals surface area (Å²) in [6, 6.07) is 3.60. The highest BCUT2D eigenvalue weighted by molar-refractivity contribution is 6.09. The second-order valence-corrected chi connectivity index (χ2v) is 5.40. The molecule has 0 spiro atoms. The molecule has 20 heavy (non-hydrogen) atoms. The third-order valence-corrected chi connectivity index (χ3v) is 3.96. The van der Waals surface area contributed by atoms with Crippen LogP contribution in [0.25, 0.3) is 0 Å². The molecule has 2 aliphatic rings. The van der Waals surface area contributed by atoms with Crippen molar-refractivity contribution in [3.05, 3.63) is 35.4 Å².